The Morgan fingerprint density at radius 3 is 2.57 bits per heavy atom. The molecule has 0 aliphatic heterocycles. The molecule has 30 heavy (non-hydrogen) atoms. The first kappa shape index (κ1) is 22.9. The van der Waals surface area contributed by atoms with E-state index in [1.165, 1.54) is 15.9 Å². The molecule has 156 valence electrons. The summed E-state index contributed by atoms with van der Waals surface area (Å²) in [6.45, 7) is 13.3. The van der Waals surface area contributed by atoms with Gasteiger partial charge in [-0.05, 0) is 67.1 Å². The van der Waals surface area contributed by atoms with Gasteiger partial charge in [-0.15, -0.1) is 11.3 Å². The first-order chi connectivity index (χ1) is 14.3. The van der Waals surface area contributed by atoms with Crippen LogP contribution >= 0.6 is 11.3 Å². The summed E-state index contributed by atoms with van der Waals surface area (Å²) < 4.78 is 1.53. The van der Waals surface area contributed by atoms with E-state index in [0.29, 0.717) is 16.3 Å². The SMILES string of the molecule is C=C/C=C(NC(=O)c1cccs1)\C(C)=C(/C)c1cc(N/C(C=C)=C/C)c(=O)n(C)c1. The minimum atomic E-state index is -0.170. The summed E-state index contributed by atoms with van der Waals surface area (Å²) >= 11 is 1.38. The number of amides is 1. The van der Waals surface area contributed by atoms with Crippen molar-refractivity contribution in [2.45, 2.75) is 20.8 Å². The van der Waals surface area contributed by atoms with Crippen LogP contribution in [-0.2, 0) is 7.05 Å². The van der Waals surface area contributed by atoms with Crippen molar-refractivity contribution in [3.8, 4) is 0 Å². The van der Waals surface area contributed by atoms with Crippen molar-refractivity contribution in [1.82, 2.24) is 9.88 Å². The maximum atomic E-state index is 12.5. The summed E-state index contributed by atoms with van der Waals surface area (Å²) in [5.41, 5.74) is 4.37. The number of nitrogens with zero attached hydrogens (tertiary/aromatic N) is 1. The third-order valence-electron chi connectivity index (χ3n) is 4.67. The maximum Gasteiger partial charge on any atom is 0.274 e. The summed E-state index contributed by atoms with van der Waals surface area (Å²) in [7, 11) is 1.71. The van der Waals surface area contributed by atoms with Gasteiger partial charge in [-0.25, -0.2) is 0 Å². The maximum absolute atomic E-state index is 12.5. The van der Waals surface area contributed by atoms with E-state index in [-0.39, 0.29) is 11.5 Å². The van der Waals surface area contributed by atoms with Crippen LogP contribution in [-0.4, -0.2) is 10.5 Å². The van der Waals surface area contributed by atoms with Gasteiger partial charge in [0.05, 0.1) is 4.88 Å². The number of aryl methyl sites for hydroxylation is 1. The molecule has 1 amide bonds. The third-order valence-corrected chi connectivity index (χ3v) is 5.54. The van der Waals surface area contributed by atoms with Gasteiger partial charge in [-0.3, -0.25) is 9.59 Å². The molecule has 0 unspecified atom stereocenters. The van der Waals surface area contributed by atoms with E-state index in [1.54, 1.807) is 43.6 Å². The molecule has 0 aliphatic rings. The Balaban J connectivity index is 2.47. The van der Waals surface area contributed by atoms with Crippen LogP contribution in [0, 0.1) is 0 Å². The topological polar surface area (TPSA) is 63.1 Å². The lowest BCUT2D eigenvalue weighted by molar-refractivity contribution is 0.0970. The lowest BCUT2D eigenvalue weighted by Gasteiger charge is -2.16. The first-order valence-corrected chi connectivity index (χ1v) is 10.3. The molecule has 2 aromatic heterocycles. The number of pyridine rings is 1. The predicted molar refractivity (Wildman–Crippen MR) is 128 cm³/mol. The lowest BCUT2D eigenvalue weighted by Crippen LogP contribution is -2.23. The second-order valence-electron chi connectivity index (χ2n) is 6.63. The van der Waals surface area contributed by atoms with Crippen LogP contribution in [0.3, 0.4) is 0 Å². The molecule has 0 radical (unpaired) electrons. The van der Waals surface area contributed by atoms with Gasteiger partial charge in [0, 0.05) is 24.6 Å². The van der Waals surface area contributed by atoms with Crippen LogP contribution in [0.4, 0.5) is 5.69 Å². The van der Waals surface area contributed by atoms with Crippen molar-refractivity contribution >= 4 is 28.5 Å². The molecule has 2 heterocycles. The van der Waals surface area contributed by atoms with E-state index in [0.717, 1.165) is 22.4 Å². The fourth-order valence-corrected chi connectivity index (χ4v) is 3.41. The number of rotatable bonds is 8. The molecule has 0 aromatic carbocycles. The molecule has 0 fully saturated rings. The summed E-state index contributed by atoms with van der Waals surface area (Å²) in [5, 5.41) is 7.94. The molecule has 0 spiro atoms. The van der Waals surface area contributed by atoms with Crippen molar-refractivity contribution in [3.63, 3.8) is 0 Å². The summed E-state index contributed by atoms with van der Waals surface area (Å²) in [6.07, 6.45) is 8.68. The molecule has 2 rings (SSSR count). The summed E-state index contributed by atoms with van der Waals surface area (Å²) in [5.74, 6) is -0.170. The summed E-state index contributed by atoms with van der Waals surface area (Å²) in [4.78, 5) is 25.7. The Kier molecular flexibility index (Phi) is 7.95. The highest BCUT2D eigenvalue weighted by molar-refractivity contribution is 7.12. The smallest absolute Gasteiger partial charge is 0.274 e. The van der Waals surface area contributed by atoms with Crippen LogP contribution in [0.25, 0.3) is 5.57 Å². The molecule has 0 saturated carbocycles. The van der Waals surface area contributed by atoms with E-state index < -0.39 is 0 Å². The quantitative estimate of drug-likeness (QED) is 0.573. The zero-order valence-corrected chi connectivity index (χ0v) is 18.6. The third kappa shape index (κ3) is 5.36. The molecule has 0 atom stereocenters. The number of hydrogen-bond acceptors (Lipinski definition) is 4. The Bertz CT molecular complexity index is 1100. The summed E-state index contributed by atoms with van der Waals surface area (Å²) in [6, 6.07) is 5.42. The van der Waals surface area contributed by atoms with E-state index in [2.05, 4.69) is 23.8 Å². The second-order valence-corrected chi connectivity index (χ2v) is 7.58. The number of nitrogens with one attached hydrogen (secondary N) is 2. The van der Waals surface area contributed by atoms with Gasteiger partial charge < -0.3 is 15.2 Å². The standard InChI is InChI=1S/C24H27N3O2S/c1-7-11-20(26-23(28)22-12-10-13-30-22)17(5)16(4)18-14-21(24(29)27(6)15-18)25-19(8-2)9-3/h7-15,25H,1-2H2,3-6H3,(H,26,28)/b17-16+,19-9+,20-11+. The Labute approximate surface area is 181 Å². The van der Waals surface area contributed by atoms with Crippen LogP contribution in [0.1, 0.15) is 36.0 Å². The van der Waals surface area contributed by atoms with Crippen LogP contribution in [0.2, 0.25) is 0 Å². The van der Waals surface area contributed by atoms with Gasteiger partial charge in [0.1, 0.15) is 5.69 Å². The van der Waals surface area contributed by atoms with Crippen molar-refractivity contribution < 1.29 is 4.79 Å². The van der Waals surface area contributed by atoms with Crippen LogP contribution in [0.5, 0.6) is 0 Å². The van der Waals surface area contributed by atoms with E-state index in [9.17, 15) is 9.59 Å². The normalized spacial score (nSPS) is 12.8. The number of carbonyl (C=O) groups is 1. The average Bonchev–Trinajstić information content (AvgIpc) is 3.28. The van der Waals surface area contributed by atoms with Crippen LogP contribution < -0.4 is 16.2 Å². The highest BCUT2D eigenvalue weighted by atomic mass is 32.1. The predicted octanol–water partition coefficient (Wildman–Crippen LogP) is 5.24. The molecule has 2 aromatic rings. The van der Waals surface area contributed by atoms with Crippen molar-refractivity contribution in [2.24, 2.45) is 7.05 Å². The zero-order chi connectivity index (χ0) is 22.3. The Morgan fingerprint density at radius 1 is 1.27 bits per heavy atom. The van der Waals surface area contributed by atoms with E-state index in [4.69, 9.17) is 0 Å². The van der Waals surface area contributed by atoms with Gasteiger partial charge in [-0.2, -0.15) is 0 Å². The number of carbonyl (C=O) groups excluding carboxylic acids is 1. The van der Waals surface area contributed by atoms with Crippen LogP contribution in [0.15, 0.2) is 89.0 Å². The fraction of sp³-hybridized carbons (Fsp3) is 0.167. The molecule has 0 saturated heterocycles. The van der Waals surface area contributed by atoms with Gasteiger partial charge in [0.2, 0.25) is 0 Å². The average molecular weight is 422 g/mol. The molecular weight excluding hydrogens is 394 g/mol. The number of thiophene rings is 1. The molecule has 0 bridgehead atoms. The molecule has 6 heteroatoms. The highest BCUT2D eigenvalue weighted by Gasteiger charge is 2.13. The highest BCUT2D eigenvalue weighted by Crippen LogP contribution is 2.24. The van der Waals surface area contributed by atoms with Crippen molar-refractivity contribution in [2.75, 3.05) is 5.32 Å². The Hall–Kier alpha value is -3.38. The van der Waals surface area contributed by atoms with Gasteiger partial charge in [0.25, 0.3) is 11.5 Å². The largest absolute Gasteiger partial charge is 0.351 e. The van der Waals surface area contributed by atoms with E-state index >= 15 is 0 Å². The van der Waals surface area contributed by atoms with E-state index in [1.807, 2.05) is 38.3 Å². The lowest BCUT2D eigenvalue weighted by atomic mass is 10.0. The first-order valence-electron chi connectivity index (χ1n) is 9.44. The molecule has 5 nitrogen and oxygen atoms in total. The number of allylic oxidation sites excluding steroid dienone is 6. The molecule has 0 aliphatic carbocycles. The van der Waals surface area contributed by atoms with Crippen molar-refractivity contribution in [1.29, 1.82) is 0 Å². The monoisotopic (exact) mass is 421 g/mol. The number of hydrogen-bond donors (Lipinski definition) is 2. The Morgan fingerprint density at radius 2 is 2.00 bits per heavy atom. The van der Waals surface area contributed by atoms with Gasteiger partial charge >= 0.3 is 0 Å². The minimum absolute atomic E-state index is 0.141. The van der Waals surface area contributed by atoms with Crippen molar-refractivity contribution in [3.05, 3.63) is 105 Å². The molecular formula is C24H27N3O2S. The minimum Gasteiger partial charge on any atom is -0.351 e. The fourth-order valence-electron chi connectivity index (χ4n) is 2.79. The van der Waals surface area contributed by atoms with Gasteiger partial charge in [0.15, 0.2) is 0 Å². The van der Waals surface area contributed by atoms with Gasteiger partial charge in [-0.1, -0.05) is 31.4 Å². The number of aromatic nitrogens is 1. The number of anilines is 1. The zero-order valence-electron chi connectivity index (χ0n) is 17.8. The molecule has 2 N–H and O–H groups in total. The second kappa shape index (κ2) is 10.4.